The van der Waals surface area contributed by atoms with E-state index in [1.165, 1.54) is 24.3 Å². The summed E-state index contributed by atoms with van der Waals surface area (Å²) in [6.07, 6.45) is 1.52. The molecule has 0 N–H and O–H groups in total. The topological polar surface area (TPSA) is 49.9 Å². The van der Waals surface area contributed by atoms with Crippen LogP contribution in [0.15, 0.2) is 24.3 Å². The van der Waals surface area contributed by atoms with Crippen LogP contribution in [0, 0.1) is 5.82 Å². The Morgan fingerprint density at radius 1 is 1.09 bits per heavy atom. The first kappa shape index (κ1) is 16.3. The van der Waals surface area contributed by atoms with Crippen molar-refractivity contribution in [3.05, 3.63) is 35.6 Å². The fraction of sp³-hybridized carbons (Fsp3) is 0.500. The monoisotopic (exact) mass is 308 g/mol. The highest BCUT2D eigenvalue weighted by molar-refractivity contribution is 5.94. The number of rotatable bonds is 4. The van der Waals surface area contributed by atoms with Gasteiger partial charge in [0.1, 0.15) is 5.82 Å². The molecule has 1 aliphatic heterocycles. The maximum absolute atomic E-state index is 12.9. The molecule has 2 amide bonds. The van der Waals surface area contributed by atoms with Crippen LogP contribution in [0.25, 0.3) is 0 Å². The zero-order chi connectivity index (χ0) is 15.9. The first-order chi connectivity index (χ1) is 10.6. The number of halogens is 1. The lowest BCUT2D eigenvalue weighted by molar-refractivity contribution is 0.0557. The van der Waals surface area contributed by atoms with Gasteiger partial charge in [0.05, 0.1) is 6.61 Å². The Bertz CT molecular complexity index is 511. The highest BCUT2D eigenvalue weighted by Gasteiger charge is 2.25. The van der Waals surface area contributed by atoms with Crippen LogP contribution >= 0.6 is 0 Å². The van der Waals surface area contributed by atoms with Gasteiger partial charge in [-0.2, -0.15) is 0 Å². The van der Waals surface area contributed by atoms with Gasteiger partial charge in [0, 0.05) is 31.7 Å². The van der Waals surface area contributed by atoms with E-state index in [1.807, 2.05) is 6.92 Å². The fourth-order valence-electron chi connectivity index (χ4n) is 2.26. The van der Waals surface area contributed by atoms with E-state index in [0.717, 1.165) is 12.8 Å². The van der Waals surface area contributed by atoms with Gasteiger partial charge in [-0.05, 0) is 30.7 Å². The summed E-state index contributed by atoms with van der Waals surface area (Å²) in [6.45, 7) is 4.30. The summed E-state index contributed by atoms with van der Waals surface area (Å²) in [5.41, 5.74) is 0.459. The molecule has 0 unspecified atom stereocenters. The molecule has 5 nitrogen and oxygen atoms in total. The molecule has 0 atom stereocenters. The second-order valence-electron chi connectivity index (χ2n) is 5.25. The Labute approximate surface area is 129 Å². The number of carbonyl (C=O) groups excluding carboxylic acids is 2. The normalized spacial score (nSPS) is 14.8. The lowest BCUT2D eigenvalue weighted by Crippen LogP contribution is -2.50. The number of unbranched alkanes of at least 4 members (excludes halogenated alkanes) is 1. The van der Waals surface area contributed by atoms with Crippen LogP contribution < -0.4 is 0 Å². The molecular weight excluding hydrogens is 287 g/mol. The minimum absolute atomic E-state index is 0.140. The third-order valence-electron chi connectivity index (χ3n) is 3.64. The smallest absolute Gasteiger partial charge is 0.409 e. The van der Waals surface area contributed by atoms with Crippen molar-refractivity contribution in [3.63, 3.8) is 0 Å². The quantitative estimate of drug-likeness (QED) is 0.803. The van der Waals surface area contributed by atoms with Crippen molar-refractivity contribution in [2.45, 2.75) is 19.8 Å². The molecular formula is C16H21FN2O3. The first-order valence-corrected chi connectivity index (χ1v) is 7.58. The third kappa shape index (κ3) is 4.19. The van der Waals surface area contributed by atoms with E-state index in [2.05, 4.69) is 0 Å². The second kappa shape index (κ2) is 7.77. The summed E-state index contributed by atoms with van der Waals surface area (Å²) in [5, 5.41) is 0. The van der Waals surface area contributed by atoms with Crippen LogP contribution in [0.2, 0.25) is 0 Å². The lowest BCUT2D eigenvalue weighted by Gasteiger charge is -2.34. The molecule has 0 saturated carbocycles. The van der Waals surface area contributed by atoms with Gasteiger partial charge >= 0.3 is 6.09 Å². The van der Waals surface area contributed by atoms with Crippen molar-refractivity contribution in [1.29, 1.82) is 0 Å². The molecule has 1 aromatic carbocycles. The summed E-state index contributed by atoms with van der Waals surface area (Å²) in [4.78, 5) is 27.4. The minimum atomic E-state index is -0.365. The maximum Gasteiger partial charge on any atom is 0.409 e. The van der Waals surface area contributed by atoms with Gasteiger partial charge in [0.15, 0.2) is 0 Å². The molecule has 0 aromatic heterocycles. The summed E-state index contributed by atoms with van der Waals surface area (Å²) in [5.74, 6) is -0.504. The Morgan fingerprint density at radius 3 is 2.27 bits per heavy atom. The van der Waals surface area contributed by atoms with Crippen LogP contribution in [0.3, 0.4) is 0 Å². The van der Waals surface area contributed by atoms with Crippen molar-refractivity contribution in [1.82, 2.24) is 9.80 Å². The zero-order valence-electron chi connectivity index (χ0n) is 12.8. The third-order valence-corrected chi connectivity index (χ3v) is 3.64. The Balaban J connectivity index is 1.82. The maximum atomic E-state index is 12.9. The summed E-state index contributed by atoms with van der Waals surface area (Å²) in [7, 11) is 0. The SMILES string of the molecule is CCCCOC(=O)N1CCN(C(=O)c2ccc(F)cc2)CC1. The number of ether oxygens (including phenoxy) is 1. The molecule has 1 aromatic rings. The predicted octanol–water partition coefficient (Wildman–Crippen LogP) is 2.52. The highest BCUT2D eigenvalue weighted by Crippen LogP contribution is 2.10. The molecule has 0 bridgehead atoms. The molecule has 0 radical (unpaired) electrons. The summed E-state index contributed by atoms with van der Waals surface area (Å²) >= 11 is 0. The number of benzene rings is 1. The van der Waals surface area contributed by atoms with Gasteiger partial charge in [-0.25, -0.2) is 9.18 Å². The molecule has 1 fully saturated rings. The molecule has 2 rings (SSSR count). The van der Waals surface area contributed by atoms with Crippen LogP contribution in [-0.4, -0.2) is 54.6 Å². The largest absolute Gasteiger partial charge is 0.449 e. The summed E-state index contributed by atoms with van der Waals surface area (Å²) < 4.78 is 18.0. The van der Waals surface area contributed by atoms with Crippen molar-refractivity contribution in [2.75, 3.05) is 32.8 Å². The van der Waals surface area contributed by atoms with Crippen LogP contribution in [-0.2, 0) is 4.74 Å². The number of nitrogens with zero attached hydrogens (tertiary/aromatic N) is 2. The van der Waals surface area contributed by atoms with Gasteiger partial charge < -0.3 is 14.5 Å². The molecule has 1 aliphatic rings. The van der Waals surface area contributed by atoms with E-state index in [-0.39, 0.29) is 17.8 Å². The van der Waals surface area contributed by atoms with Crippen LogP contribution in [0.5, 0.6) is 0 Å². The standard InChI is InChI=1S/C16H21FN2O3/c1-2-3-12-22-16(21)19-10-8-18(9-11-19)15(20)13-4-6-14(17)7-5-13/h4-7H,2-3,8-12H2,1H3. The lowest BCUT2D eigenvalue weighted by atomic mass is 10.2. The molecule has 22 heavy (non-hydrogen) atoms. The van der Waals surface area contributed by atoms with Gasteiger partial charge in [0.2, 0.25) is 0 Å². The molecule has 0 spiro atoms. The first-order valence-electron chi connectivity index (χ1n) is 7.58. The summed E-state index contributed by atoms with van der Waals surface area (Å²) in [6, 6.07) is 5.50. The van der Waals surface area contributed by atoms with E-state index in [9.17, 15) is 14.0 Å². The number of carbonyl (C=O) groups is 2. The van der Waals surface area contributed by atoms with Crippen molar-refractivity contribution in [3.8, 4) is 0 Å². The molecule has 6 heteroatoms. The van der Waals surface area contributed by atoms with Crippen molar-refractivity contribution >= 4 is 12.0 Å². The van der Waals surface area contributed by atoms with E-state index in [4.69, 9.17) is 4.74 Å². The van der Waals surface area contributed by atoms with Crippen molar-refractivity contribution < 1.29 is 18.7 Å². The van der Waals surface area contributed by atoms with Gasteiger partial charge in [-0.15, -0.1) is 0 Å². The van der Waals surface area contributed by atoms with Gasteiger partial charge in [-0.3, -0.25) is 4.79 Å². The van der Waals surface area contributed by atoms with Crippen LogP contribution in [0.1, 0.15) is 30.1 Å². The highest BCUT2D eigenvalue weighted by atomic mass is 19.1. The predicted molar refractivity (Wildman–Crippen MR) is 80.1 cm³/mol. The average Bonchev–Trinajstić information content (AvgIpc) is 2.55. The average molecular weight is 308 g/mol. The second-order valence-corrected chi connectivity index (χ2v) is 5.25. The number of piperazine rings is 1. The van der Waals surface area contributed by atoms with E-state index >= 15 is 0 Å². The zero-order valence-corrected chi connectivity index (χ0v) is 12.8. The minimum Gasteiger partial charge on any atom is -0.449 e. The Morgan fingerprint density at radius 2 is 1.68 bits per heavy atom. The van der Waals surface area contributed by atoms with Crippen LogP contribution in [0.4, 0.5) is 9.18 Å². The van der Waals surface area contributed by atoms with Gasteiger partial charge in [0.25, 0.3) is 5.91 Å². The van der Waals surface area contributed by atoms with Crippen molar-refractivity contribution in [2.24, 2.45) is 0 Å². The fourth-order valence-corrected chi connectivity index (χ4v) is 2.26. The molecule has 0 aliphatic carbocycles. The van der Waals surface area contributed by atoms with E-state index in [0.29, 0.717) is 38.3 Å². The number of hydrogen-bond acceptors (Lipinski definition) is 3. The number of amides is 2. The molecule has 1 heterocycles. The Kier molecular flexibility index (Phi) is 5.75. The molecule has 120 valence electrons. The van der Waals surface area contributed by atoms with E-state index in [1.54, 1.807) is 9.80 Å². The molecule has 1 saturated heterocycles. The van der Waals surface area contributed by atoms with E-state index < -0.39 is 0 Å². The number of hydrogen-bond donors (Lipinski definition) is 0. The Hall–Kier alpha value is -2.11. The van der Waals surface area contributed by atoms with Gasteiger partial charge in [-0.1, -0.05) is 13.3 Å².